The van der Waals surface area contributed by atoms with E-state index in [1.807, 2.05) is 31.3 Å². The van der Waals surface area contributed by atoms with Crippen molar-refractivity contribution in [3.8, 4) is 11.4 Å². The molecule has 7 heteroatoms. The molecular formula is C26H31N5OS. The lowest BCUT2D eigenvalue weighted by Crippen LogP contribution is -2.39. The van der Waals surface area contributed by atoms with Crippen molar-refractivity contribution in [3.63, 3.8) is 0 Å². The lowest BCUT2D eigenvalue weighted by Gasteiger charge is -2.37. The first kappa shape index (κ1) is 22.0. The predicted octanol–water partition coefficient (Wildman–Crippen LogP) is 5.46. The van der Waals surface area contributed by atoms with Crippen LogP contribution in [0.5, 0.6) is 0 Å². The first-order chi connectivity index (χ1) is 16.0. The Hall–Kier alpha value is -2.80. The number of piperidine rings is 1. The zero-order valence-electron chi connectivity index (χ0n) is 19.5. The van der Waals surface area contributed by atoms with E-state index in [0.29, 0.717) is 11.8 Å². The second-order valence-corrected chi connectivity index (χ2v) is 10.7. The van der Waals surface area contributed by atoms with Crippen molar-refractivity contribution < 1.29 is 4.79 Å². The van der Waals surface area contributed by atoms with Crippen LogP contribution in [0.4, 0.5) is 11.4 Å². The number of nitrogens with zero attached hydrogens (tertiary/aromatic N) is 4. The molecule has 6 nitrogen and oxygen atoms in total. The normalized spacial score (nSPS) is 20.6. The Labute approximate surface area is 199 Å². The summed E-state index contributed by atoms with van der Waals surface area (Å²) in [4.78, 5) is 16.0. The number of carbonyl (C=O) groups excluding carboxylic acids is 1. The van der Waals surface area contributed by atoms with Gasteiger partial charge in [0.2, 0.25) is 5.91 Å². The highest BCUT2D eigenvalue weighted by atomic mass is 32.2. The Kier molecular flexibility index (Phi) is 6.15. The summed E-state index contributed by atoms with van der Waals surface area (Å²) in [5.74, 6) is 2.40. The maximum Gasteiger partial charge on any atom is 0.227 e. The van der Waals surface area contributed by atoms with Gasteiger partial charge in [0.1, 0.15) is 0 Å². The first-order valence-electron chi connectivity index (χ1n) is 11.8. The third kappa shape index (κ3) is 4.93. The molecule has 0 radical (unpaired) electrons. The van der Waals surface area contributed by atoms with E-state index >= 15 is 0 Å². The van der Waals surface area contributed by atoms with Gasteiger partial charge in [0.25, 0.3) is 0 Å². The van der Waals surface area contributed by atoms with Crippen molar-refractivity contribution in [1.29, 1.82) is 0 Å². The number of amides is 1. The molecule has 2 heterocycles. The quantitative estimate of drug-likeness (QED) is 0.528. The van der Waals surface area contributed by atoms with Gasteiger partial charge in [0, 0.05) is 47.9 Å². The third-order valence-corrected chi connectivity index (χ3v) is 7.50. The number of aromatic nitrogens is 3. The van der Waals surface area contributed by atoms with Crippen LogP contribution in [-0.4, -0.2) is 33.8 Å². The number of hydrogen-bond donors (Lipinski definition) is 1. The van der Waals surface area contributed by atoms with Crippen LogP contribution < -0.4 is 10.2 Å². The SMILES string of the molecule is C[C@@H]1C[C@@H](C)CN(c2cc(NC(=O)C3CC3)ccc2-c2nnc(Sc3ccccc3)n2C)C1. The van der Waals surface area contributed by atoms with E-state index in [0.717, 1.165) is 58.7 Å². The van der Waals surface area contributed by atoms with Gasteiger partial charge in [0.05, 0.1) is 0 Å². The molecule has 172 valence electrons. The van der Waals surface area contributed by atoms with Crippen LogP contribution in [0, 0.1) is 17.8 Å². The lowest BCUT2D eigenvalue weighted by molar-refractivity contribution is -0.117. The largest absolute Gasteiger partial charge is 0.370 e. The number of rotatable bonds is 6. The molecule has 1 aliphatic carbocycles. The van der Waals surface area contributed by atoms with E-state index in [2.05, 4.69) is 63.1 Å². The van der Waals surface area contributed by atoms with E-state index in [-0.39, 0.29) is 11.8 Å². The average molecular weight is 462 g/mol. The number of nitrogens with one attached hydrogen (secondary N) is 1. The van der Waals surface area contributed by atoms with Crippen LogP contribution in [0.1, 0.15) is 33.1 Å². The summed E-state index contributed by atoms with van der Waals surface area (Å²) in [6.07, 6.45) is 3.24. The van der Waals surface area contributed by atoms with Crippen molar-refractivity contribution in [2.45, 2.75) is 43.2 Å². The summed E-state index contributed by atoms with van der Waals surface area (Å²) in [6.45, 7) is 6.64. The first-order valence-corrected chi connectivity index (χ1v) is 12.6. The molecule has 1 saturated heterocycles. The Morgan fingerprint density at radius 1 is 1.03 bits per heavy atom. The van der Waals surface area contributed by atoms with E-state index in [9.17, 15) is 4.79 Å². The summed E-state index contributed by atoms with van der Waals surface area (Å²) in [7, 11) is 2.02. The van der Waals surface area contributed by atoms with Crippen molar-refractivity contribution in [3.05, 3.63) is 48.5 Å². The van der Waals surface area contributed by atoms with Crippen LogP contribution in [0.25, 0.3) is 11.4 Å². The van der Waals surface area contributed by atoms with Gasteiger partial charge in [-0.3, -0.25) is 4.79 Å². The van der Waals surface area contributed by atoms with E-state index in [1.54, 1.807) is 11.8 Å². The van der Waals surface area contributed by atoms with Crippen molar-refractivity contribution in [2.24, 2.45) is 24.8 Å². The number of carbonyl (C=O) groups is 1. The van der Waals surface area contributed by atoms with Crippen LogP contribution in [-0.2, 0) is 11.8 Å². The van der Waals surface area contributed by atoms with Gasteiger partial charge in [-0.25, -0.2) is 0 Å². The van der Waals surface area contributed by atoms with Crippen LogP contribution >= 0.6 is 11.8 Å². The molecule has 5 rings (SSSR count). The number of anilines is 2. The molecule has 2 fully saturated rings. The topological polar surface area (TPSA) is 63.1 Å². The molecule has 0 unspecified atom stereocenters. The average Bonchev–Trinajstić information content (AvgIpc) is 3.59. The van der Waals surface area contributed by atoms with Gasteiger partial charge < -0.3 is 14.8 Å². The Morgan fingerprint density at radius 3 is 2.45 bits per heavy atom. The van der Waals surface area contributed by atoms with Gasteiger partial charge in [-0.2, -0.15) is 0 Å². The molecule has 0 spiro atoms. The molecule has 2 aromatic carbocycles. The fourth-order valence-corrected chi connectivity index (χ4v) is 5.55. The highest BCUT2D eigenvalue weighted by Gasteiger charge is 2.30. The molecule has 1 saturated carbocycles. The summed E-state index contributed by atoms with van der Waals surface area (Å²) in [5, 5.41) is 13.1. The minimum absolute atomic E-state index is 0.134. The molecule has 3 aromatic rings. The highest BCUT2D eigenvalue weighted by molar-refractivity contribution is 7.99. The third-order valence-electron chi connectivity index (χ3n) is 6.45. The maximum absolute atomic E-state index is 12.4. The van der Waals surface area contributed by atoms with Gasteiger partial charge in [0.15, 0.2) is 11.0 Å². The highest BCUT2D eigenvalue weighted by Crippen LogP contribution is 2.38. The molecule has 2 atom stereocenters. The predicted molar refractivity (Wildman–Crippen MR) is 134 cm³/mol. The van der Waals surface area contributed by atoms with Crippen LogP contribution in [0.3, 0.4) is 0 Å². The molecule has 0 bridgehead atoms. The van der Waals surface area contributed by atoms with Crippen molar-refractivity contribution >= 4 is 29.0 Å². The molecule has 1 aromatic heterocycles. The molecule has 33 heavy (non-hydrogen) atoms. The maximum atomic E-state index is 12.4. The standard InChI is InChI=1S/C26H31N5OS/c1-17-13-18(2)16-31(15-17)23-14-20(27-25(32)19-9-10-19)11-12-22(23)24-28-29-26(30(24)3)33-21-7-5-4-6-8-21/h4-8,11-12,14,17-19H,9-10,13,15-16H2,1-3H3,(H,27,32)/t17-,18-/m1/s1. The summed E-state index contributed by atoms with van der Waals surface area (Å²) >= 11 is 1.61. The minimum Gasteiger partial charge on any atom is -0.370 e. The van der Waals surface area contributed by atoms with Gasteiger partial charge in [-0.1, -0.05) is 32.0 Å². The van der Waals surface area contributed by atoms with Gasteiger partial charge >= 0.3 is 0 Å². The van der Waals surface area contributed by atoms with Gasteiger partial charge in [-0.15, -0.1) is 10.2 Å². The summed E-state index contributed by atoms with van der Waals surface area (Å²) < 4.78 is 2.07. The summed E-state index contributed by atoms with van der Waals surface area (Å²) in [5.41, 5.74) is 3.03. The van der Waals surface area contributed by atoms with Crippen molar-refractivity contribution in [1.82, 2.24) is 14.8 Å². The summed E-state index contributed by atoms with van der Waals surface area (Å²) in [6, 6.07) is 16.5. The Morgan fingerprint density at radius 2 is 1.76 bits per heavy atom. The fraction of sp³-hybridized carbons (Fsp3) is 0.423. The van der Waals surface area contributed by atoms with Crippen LogP contribution in [0.2, 0.25) is 0 Å². The Bertz CT molecular complexity index is 1130. The van der Waals surface area contributed by atoms with Crippen LogP contribution in [0.15, 0.2) is 58.6 Å². The molecule has 1 aliphatic heterocycles. The molecule has 1 amide bonds. The fourth-order valence-electron chi connectivity index (χ4n) is 4.74. The zero-order valence-corrected chi connectivity index (χ0v) is 20.3. The monoisotopic (exact) mass is 461 g/mol. The smallest absolute Gasteiger partial charge is 0.227 e. The molecular weight excluding hydrogens is 430 g/mol. The van der Waals surface area contributed by atoms with Crippen molar-refractivity contribution in [2.75, 3.05) is 23.3 Å². The second kappa shape index (κ2) is 9.21. The zero-order chi connectivity index (χ0) is 22.9. The molecule has 2 aliphatic rings. The Balaban J connectivity index is 1.50. The van der Waals surface area contributed by atoms with Gasteiger partial charge in [-0.05, 0) is 73.2 Å². The number of benzene rings is 2. The van der Waals surface area contributed by atoms with E-state index < -0.39 is 0 Å². The van der Waals surface area contributed by atoms with E-state index in [4.69, 9.17) is 0 Å². The lowest BCUT2D eigenvalue weighted by atomic mass is 9.91. The minimum atomic E-state index is 0.134. The molecule has 1 N–H and O–H groups in total. The van der Waals surface area contributed by atoms with E-state index in [1.165, 1.54) is 6.42 Å². The second-order valence-electron chi connectivity index (χ2n) is 9.63. The number of hydrogen-bond acceptors (Lipinski definition) is 5.